The Morgan fingerprint density at radius 1 is 1.00 bits per heavy atom. The highest BCUT2D eigenvalue weighted by atomic mass is 16.5. The fourth-order valence-electron chi connectivity index (χ4n) is 3.00. The van der Waals surface area contributed by atoms with Crippen LogP contribution in [0.2, 0.25) is 0 Å². The monoisotopic (exact) mass is 368 g/mol. The summed E-state index contributed by atoms with van der Waals surface area (Å²) in [5, 5.41) is 5.79. The average molecular weight is 368 g/mol. The van der Waals surface area contributed by atoms with Crippen LogP contribution in [-0.2, 0) is 9.59 Å². The summed E-state index contributed by atoms with van der Waals surface area (Å²) in [5.74, 6) is 0.529. The van der Waals surface area contributed by atoms with Crippen molar-refractivity contribution >= 4 is 17.5 Å². The van der Waals surface area contributed by atoms with E-state index in [-0.39, 0.29) is 17.9 Å². The van der Waals surface area contributed by atoms with Gasteiger partial charge in [0.15, 0.2) is 0 Å². The Morgan fingerprint density at radius 3 is 2.30 bits per heavy atom. The molecule has 1 atom stereocenters. The minimum atomic E-state index is -1.03. The van der Waals surface area contributed by atoms with Gasteiger partial charge in [-0.3, -0.25) is 9.59 Å². The maximum Gasteiger partial charge on any atom is 0.240 e. The predicted molar refractivity (Wildman–Crippen MR) is 103 cm³/mol. The molecule has 27 heavy (non-hydrogen) atoms. The number of amides is 2. The van der Waals surface area contributed by atoms with Gasteiger partial charge in [0.25, 0.3) is 0 Å². The summed E-state index contributed by atoms with van der Waals surface area (Å²) in [6.45, 7) is 1.91. The van der Waals surface area contributed by atoms with Gasteiger partial charge >= 0.3 is 0 Å². The second kappa shape index (κ2) is 7.70. The fraction of sp³-hybridized carbons (Fsp3) is 0.333. The second-order valence-electron chi connectivity index (χ2n) is 6.71. The van der Waals surface area contributed by atoms with E-state index in [1.807, 2.05) is 37.3 Å². The van der Waals surface area contributed by atoms with Crippen LogP contribution in [0.25, 0.3) is 0 Å². The molecule has 1 unspecified atom stereocenters. The summed E-state index contributed by atoms with van der Waals surface area (Å²) in [4.78, 5) is 25.6. The lowest BCUT2D eigenvalue weighted by Gasteiger charge is -2.20. The number of ether oxygens (including phenoxy) is 2. The molecular weight excluding hydrogens is 344 g/mol. The molecule has 1 fully saturated rings. The molecule has 142 valence electrons. The Morgan fingerprint density at radius 2 is 1.70 bits per heavy atom. The van der Waals surface area contributed by atoms with Gasteiger partial charge in [0.1, 0.15) is 16.9 Å². The molecule has 0 spiro atoms. The summed E-state index contributed by atoms with van der Waals surface area (Å²) < 4.78 is 10.5. The van der Waals surface area contributed by atoms with Gasteiger partial charge < -0.3 is 20.1 Å². The van der Waals surface area contributed by atoms with Crippen LogP contribution < -0.4 is 20.1 Å². The molecule has 6 heteroatoms. The largest absolute Gasteiger partial charge is 0.497 e. The van der Waals surface area contributed by atoms with Crippen molar-refractivity contribution in [1.82, 2.24) is 5.32 Å². The summed E-state index contributed by atoms with van der Waals surface area (Å²) in [7, 11) is 3.08. The number of hydrogen-bond acceptors (Lipinski definition) is 4. The third-order valence-electron chi connectivity index (χ3n) is 4.92. The number of methoxy groups -OCH3 is 2. The number of carbonyl (C=O) groups is 2. The van der Waals surface area contributed by atoms with E-state index in [9.17, 15) is 9.59 Å². The van der Waals surface area contributed by atoms with E-state index in [0.29, 0.717) is 30.0 Å². The summed E-state index contributed by atoms with van der Waals surface area (Å²) in [6.07, 6.45) is 1.05. The van der Waals surface area contributed by atoms with Crippen LogP contribution in [0.3, 0.4) is 0 Å². The van der Waals surface area contributed by atoms with E-state index in [4.69, 9.17) is 9.47 Å². The van der Waals surface area contributed by atoms with Crippen LogP contribution >= 0.6 is 0 Å². The lowest BCUT2D eigenvalue weighted by molar-refractivity contribution is -0.134. The van der Waals surface area contributed by atoms with Crippen molar-refractivity contribution in [2.45, 2.75) is 25.8 Å². The van der Waals surface area contributed by atoms with Gasteiger partial charge in [0, 0.05) is 6.07 Å². The molecule has 0 bridgehead atoms. The van der Waals surface area contributed by atoms with Crippen molar-refractivity contribution in [1.29, 1.82) is 0 Å². The molecule has 6 nitrogen and oxygen atoms in total. The molecule has 3 rings (SSSR count). The maximum absolute atomic E-state index is 12.9. The van der Waals surface area contributed by atoms with Crippen molar-refractivity contribution in [2.75, 3.05) is 19.5 Å². The lowest BCUT2D eigenvalue weighted by Crippen LogP contribution is -2.41. The van der Waals surface area contributed by atoms with Crippen LogP contribution in [-0.4, -0.2) is 26.0 Å². The van der Waals surface area contributed by atoms with Crippen LogP contribution in [0.4, 0.5) is 5.69 Å². The molecule has 0 radical (unpaired) electrons. The Hall–Kier alpha value is -3.02. The van der Waals surface area contributed by atoms with Crippen molar-refractivity contribution < 1.29 is 19.1 Å². The number of rotatable bonds is 7. The maximum atomic E-state index is 12.9. The van der Waals surface area contributed by atoms with E-state index >= 15 is 0 Å². The zero-order chi connectivity index (χ0) is 19.4. The number of benzene rings is 2. The van der Waals surface area contributed by atoms with E-state index in [0.717, 1.165) is 5.56 Å². The Bertz CT molecular complexity index is 831. The smallest absolute Gasteiger partial charge is 0.240 e. The van der Waals surface area contributed by atoms with Gasteiger partial charge in [-0.25, -0.2) is 0 Å². The van der Waals surface area contributed by atoms with Crippen molar-refractivity contribution in [3.63, 3.8) is 0 Å². The Balaban J connectivity index is 1.72. The quantitative estimate of drug-likeness (QED) is 0.735. The first-order chi connectivity index (χ1) is 13.0. The number of carbonyl (C=O) groups excluding carboxylic acids is 2. The van der Waals surface area contributed by atoms with Gasteiger partial charge in [-0.2, -0.15) is 0 Å². The van der Waals surface area contributed by atoms with Gasteiger partial charge in [-0.15, -0.1) is 0 Å². The highest BCUT2D eigenvalue weighted by Crippen LogP contribution is 2.47. The lowest BCUT2D eigenvalue weighted by atomic mass is 10.0. The predicted octanol–water partition coefficient (Wildman–Crippen LogP) is 3.30. The highest BCUT2D eigenvalue weighted by molar-refractivity contribution is 6.13. The zero-order valence-corrected chi connectivity index (χ0v) is 15.7. The fourth-order valence-corrected chi connectivity index (χ4v) is 3.00. The third-order valence-corrected chi connectivity index (χ3v) is 4.92. The van der Waals surface area contributed by atoms with Crippen molar-refractivity contribution in [3.05, 3.63) is 54.1 Å². The van der Waals surface area contributed by atoms with Gasteiger partial charge in [0.05, 0.1) is 25.9 Å². The standard InChI is InChI=1S/C21H24N2O4/c1-14(15-7-5-4-6-8-15)22-19(24)21(11-12-21)20(25)23-17-13-16(26-2)9-10-18(17)27-3/h4-10,13-14H,11-12H2,1-3H3,(H,22,24)(H,23,25). The molecule has 0 aliphatic heterocycles. The average Bonchev–Trinajstić information content (AvgIpc) is 3.50. The third kappa shape index (κ3) is 3.89. The topological polar surface area (TPSA) is 76.7 Å². The minimum absolute atomic E-state index is 0.171. The van der Waals surface area contributed by atoms with Crippen LogP contribution in [0.15, 0.2) is 48.5 Å². The SMILES string of the molecule is COc1ccc(OC)c(NC(=O)C2(C(=O)NC(C)c3ccccc3)CC2)c1. The number of hydrogen-bond donors (Lipinski definition) is 2. The summed E-state index contributed by atoms with van der Waals surface area (Å²) >= 11 is 0. The molecule has 0 aromatic heterocycles. The molecule has 0 heterocycles. The van der Waals surface area contributed by atoms with E-state index in [1.54, 1.807) is 25.3 Å². The minimum Gasteiger partial charge on any atom is -0.497 e. The molecule has 2 aromatic rings. The molecule has 1 saturated carbocycles. The molecular formula is C21H24N2O4. The molecule has 2 amide bonds. The van der Waals surface area contributed by atoms with E-state index in [1.165, 1.54) is 7.11 Å². The second-order valence-corrected chi connectivity index (χ2v) is 6.71. The first-order valence-electron chi connectivity index (χ1n) is 8.89. The molecule has 2 aromatic carbocycles. The number of nitrogens with one attached hydrogen (secondary N) is 2. The molecule has 1 aliphatic rings. The van der Waals surface area contributed by atoms with Crippen LogP contribution in [0, 0.1) is 5.41 Å². The Kier molecular flexibility index (Phi) is 5.35. The summed E-state index contributed by atoms with van der Waals surface area (Å²) in [6, 6.07) is 14.6. The van der Waals surface area contributed by atoms with Crippen LogP contribution in [0.5, 0.6) is 11.5 Å². The van der Waals surface area contributed by atoms with E-state index in [2.05, 4.69) is 10.6 Å². The highest BCUT2D eigenvalue weighted by Gasteiger charge is 2.56. The van der Waals surface area contributed by atoms with Crippen molar-refractivity contribution in [3.8, 4) is 11.5 Å². The Labute approximate surface area is 158 Å². The molecule has 1 aliphatic carbocycles. The van der Waals surface area contributed by atoms with Crippen LogP contribution in [0.1, 0.15) is 31.4 Å². The first kappa shape index (κ1) is 18.8. The van der Waals surface area contributed by atoms with Gasteiger partial charge in [-0.1, -0.05) is 30.3 Å². The molecule has 2 N–H and O–H groups in total. The molecule has 0 saturated heterocycles. The normalized spacial score (nSPS) is 15.4. The van der Waals surface area contributed by atoms with E-state index < -0.39 is 5.41 Å². The van der Waals surface area contributed by atoms with Gasteiger partial charge in [0.2, 0.25) is 11.8 Å². The van der Waals surface area contributed by atoms with Crippen molar-refractivity contribution in [2.24, 2.45) is 5.41 Å². The number of anilines is 1. The zero-order valence-electron chi connectivity index (χ0n) is 15.7. The summed E-state index contributed by atoms with van der Waals surface area (Å²) in [5.41, 5.74) is 0.450. The first-order valence-corrected chi connectivity index (χ1v) is 8.89. The van der Waals surface area contributed by atoms with Gasteiger partial charge in [-0.05, 0) is 37.5 Å².